The molecule has 7 nitrogen and oxygen atoms in total. The molecule has 1 heterocycles. The third kappa shape index (κ3) is 10.3. The molecule has 1 saturated heterocycles. The Morgan fingerprint density at radius 3 is 2.55 bits per heavy atom. The van der Waals surface area contributed by atoms with E-state index < -0.39 is 23.7 Å². The maximum atomic E-state index is 12.7. The molecule has 0 aromatic heterocycles. The molecule has 170 valence electrons. The van der Waals surface area contributed by atoms with Gasteiger partial charge in [0.1, 0.15) is 11.7 Å². The van der Waals surface area contributed by atoms with E-state index >= 15 is 0 Å². The molecule has 0 spiro atoms. The van der Waals surface area contributed by atoms with Gasteiger partial charge >= 0.3 is 12.1 Å². The van der Waals surface area contributed by atoms with Crippen molar-refractivity contribution in [2.24, 2.45) is 11.8 Å². The normalized spacial score (nSPS) is 26.3. The van der Waals surface area contributed by atoms with Gasteiger partial charge in [-0.15, -0.1) is 0 Å². The van der Waals surface area contributed by atoms with Crippen molar-refractivity contribution in [3.8, 4) is 0 Å². The molecule has 0 bridgehead atoms. The third-order valence-electron chi connectivity index (χ3n) is 4.83. The van der Waals surface area contributed by atoms with Crippen LogP contribution in [0.2, 0.25) is 0 Å². The topological polar surface area (TPSA) is 83.1 Å². The summed E-state index contributed by atoms with van der Waals surface area (Å²) < 4.78 is 22.9. The molecule has 0 unspecified atom stereocenters. The summed E-state index contributed by atoms with van der Waals surface area (Å²) in [6, 6.07) is -0.910. The number of carbonyl (C=O) groups is 2. The predicted molar refractivity (Wildman–Crippen MR) is 112 cm³/mol. The fourth-order valence-corrected chi connectivity index (χ4v) is 3.20. The van der Waals surface area contributed by atoms with Gasteiger partial charge in [-0.25, -0.2) is 9.59 Å². The first-order valence-corrected chi connectivity index (χ1v) is 10.9. The fourth-order valence-electron chi connectivity index (χ4n) is 3.20. The Balaban J connectivity index is 2.86. The molecule has 1 aliphatic heterocycles. The number of nitrogens with one attached hydrogen (secondary N) is 1. The van der Waals surface area contributed by atoms with Crippen LogP contribution in [-0.4, -0.2) is 55.7 Å². The van der Waals surface area contributed by atoms with E-state index in [2.05, 4.69) is 26.1 Å². The average Bonchev–Trinajstić information content (AvgIpc) is 2.62. The summed E-state index contributed by atoms with van der Waals surface area (Å²) in [5, 5.41) is 2.57. The zero-order valence-electron chi connectivity index (χ0n) is 19.3. The summed E-state index contributed by atoms with van der Waals surface area (Å²) >= 11 is 0. The minimum absolute atomic E-state index is 0.0231. The van der Waals surface area contributed by atoms with E-state index in [4.69, 9.17) is 18.9 Å². The van der Waals surface area contributed by atoms with Gasteiger partial charge in [0.2, 0.25) is 0 Å². The molecular formula is C22H41NO6. The molecule has 4 atom stereocenters. The minimum atomic E-state index is -0.910. The Hall–Kier alpha value is -1.34. The molecule has 1 aliphatic rings. The zero-order chi connectivity index (χ0) is 22.0. The fraction of sp³-hybridized carbons (Fsp3) is 0.909. The first-order valence-electron chi connectivity index (χ1n) is 10.9. The maximum Gasteiger partial charge on any atom is 0.408 e. The Bertz CT molecular complexity index is 502. The number of amides is 1. The number of alkyl carbamates (subject to hydrolysis) is 1. The van der Waals surface area contributed by atoms with Gasteiger partial charge in [0.05, 0.1) is 19.3 Å². The van der Waals surface area contributed by atoms with Crippen LogP contribution < -0.4 is 5.32 Å². The summed E-state index contributed by atoms with van der Waals surface area (Å²) in [6.45, 7) is 14.7. The number of ether oxygens (including phenoxy) is 4. The molecule has 0 aromatic rings. The quantitative estimate of drug-likeness (QED) is 0.475. The molecule has 0 radical (unpaired) electrons. The second-order valence-electron chi connectivity index (χ2n) is 9.28. The van der Waals surface area contributed by atoms with Crippen molar-refractivity contribution >= 4 is 12.1 Å². The SMILES string of the molecule is CCCCO[C@H]1COC[C@H](NC(=O)OC(C)(C)C)C(=O)O[C@@H](C)[C@@H]1CCC(C)C. The molecule has 1 fully saturated rings. The van der Waals surface area contributed by atoms with Gasteiger partial charge in [-0.3, -0.25) is 0 Å². The molecule has 29 heavy (non-hydrogen) atoms. The summed E-state index contributed by atoms with van der Waals surface area (Å²) in [5.74, 6) is 0.0786. The van der Waals surface area contributed by atoms with Gasteiger partial charge in [0.25, 0.3) is 0 Å². The number of carbonyl (C=O) groups excluding carboxylic acids is 2. The largest absolute Gasteiger partial charge is 0.461 e. The van der Waals surface area contributed by atoms with Crippen LogP contribution in [0.5, 0.6) is 0 Å². The molecule has 1 rings (SSSR count). The van der Waals surface area contributed by atoms with Gasteiger partial charge in [-0.2, -0.15) is 0 Å². The monoisotopic (exact) mass is 415 g/mol. The van der Waals surface area contributed by atoms with Crippen molar-refractivity contribution in [2.75, 3.05) is 19.8 Å². The van der Waals surface area contributed by atoms with Crippen molar-refractivity contribution < 1.29 is 28.5 Å². The molecule has 0 aliphatic carbocycles. The molecule has 0 aromatic carbocycles. The Labute approximate surface area is 176 Å². The lowest BCUT2D eigenvalue weighted by Crippen LogP contribution is -2.47. The van der Waals surface area contributed by atoms with Crippen LogP contribution in [0.3, 0.4) is 0 Å². The van der Waals surface area contributed by atoms with Crippen molar-refractivity contribution in [2.45, 2.75) is 98.0 Å². The molecule has 1 amide bonds. The molecular weight excluding hydrogens is 374 g/mol. The molecule has 0 saturated carbocycles. The highest BCUT2D eigenvalue weighted by Crippen LogP contribution is 2.26. The summed E-state index contributed by atoms with van der Waals surface area (Å²) in [5.41, 5.74) is -0.652. The highest BCUT2D eigenvalue weighted by molar-refractivity contribution is 5.81. The van der Waals surface area contributed by atoms with Gasteiger partial charge in [-0.1, -0.05) is 33.6 Å². The number of esters is 1. The van der Waals surface area contributed by atoms with Crippen molar-refractivity contribution in [1.29, 1.82) is 0 Å². The molecule has 1 N–H and O–H groups in total. The highest BCUT2D eigenvalue weighted by atomic mass is 16.6. The number of hydrogen-bond donors (Lipinski definition) is 1. The number of unbranched alkanes of at least 4 members (excludes halogenated alkanes) is 1. The van der Waals surface area contributed by atoms with E-state index in [9.17, 15) is 9.59 Å². The van der Waals surface area contributed by atoms with Gasteiger partial charge in [0, 0.05) is 12.5 Å². The number of hydrogen-bond acceptors (Lipinski definition) is 6. The van der Waals surface area contributed by atoms with Crippen LogP contribution in [0.25, 0.3) is 0 Å². The first-order chi connectivity index (χ1) is 13.5. The summed E-state index contributed by atoms with van der Waals surface area (Å²) in [6.07, 6.45) is 2.78. The van der Waals surface area contributed by atoms with E-state index in [1.807, 2.05) is 6.92 Å². The van der Waals surface area contributed by atoms with Crippen LogP contribution in [0.1, 0.15) is 74.1 Å². The number of cyclic esters (lactones) is 1. The smallest absolute Gasteiger partial charge is 0.408 e. The summed E-state index contributed by atoms with van der Waals surface area (Å²) in [4.78, 5) is 24.8. The average molecular weight is 416 g/mol. The summed E-state index contributed by atoms with van der Waals surface area (Å²) in [7, 11) is 0. The van der Waals surface area contributed by atoms with Gasteiger partial charge in [-0.05, 0) is 46.5 Å². The minimum Gasteiger partial charge on any atom is -0.461 e. The highest BCUT2D eigenvalue weighted by Gasteiger charge is 2.35. The van der Waals surface area contributed by atoms with Crippen molar-refractivity contribution in [1.82, 2.24) is 5.32 Å². The van der Waals surface area contributed by atoms with Crippen LogP contribution in [-0.2, 0) is 23.7 Å². The first kappa shape index (κ1) is 25.7. The van der Waals surface area contributed by atoms with E-state index in [0.29, 0.717) is 19.1 Å². The van der Waals surface area contributed by atoms with Crippen LogP contribution in [0, 0.1) is 11.8 Å². The Kier molecular flexibility index (Phi) is 11.0. The lowest BCUT2D eigenvalue weighted by atomic mass is 9.89. The predicted octanol–water partition coefficient (Wildman–Crippen LogP) is 4.08. The second kappa shape index (κ2) is 12.4. The van der Waals surface area contributed by atoms with Gasteiger partial charge in [0.15, 0.2) is 6.04 Å². The molecule has 7 heteroatoms. The van der Waals surface area contributed by atoms with E-state index in [1.54, 1.807) is 20.8 Å². The number of rotatable bonds is 8. The lowest BCUT2D eigenvalue weighted by Gasteiger charge is -2.31. The second-order valence-corrected chi connectivity index (χ2v) is 9.28. The zero-order valence-corrected chi connectivity index (χ0v) is 19.3. The van der Waals surface area contributed by atoms with Crippen LogP contribution in [0.15, 0.2) is 0 Å². The maximum absolute atomic E-state index is 12.7. The van der Waals surface area contributed by atoms with Crippen molar-refractivity contribution in [3.63, 3.8) is 0 Å². The lowest BCUT2D eigenvalue weighted by molar-refractivity contribution is -0.155. The Morgan fingerprint density at radius 2 is 1.97 bits per heavy atom. The third-order valence-corrected chi connectivity index (χ3v) is 4.83. The van der Waals surface area contributed by atoms with Crippen LogP contribution in [0.4, 0.5) is 4.79 Å². The van der Waals surface area contributed by atoms with E-state index in [-0.39, 0.29) is 24.7 Å². The van der Waals surface area contributed by atoms with E-state index in [0.717, 1.165) is 25.7 Å². The Morgan fingerprint density at radius 1 is 1.28 bits per heavy atom. The standard InChI is InChI=1S/C22H41NO6/c1-8-9-12-27-19-14-26-13-18(23-21(25)29-22(5,6)7)20(24)28-16(4)17(19)11-10-15(2)3/h15-19H,8-14H2,1-7H3,(H,23,25)/t16-,17-,18-,19-/m0/s1. The van der Waals surface area contributed by atoms with Crippen molar-refractivity contribution in [3.05, 3.63) is 0 Å². The van der Waals surface area contributed by atoms with E-state index in [1.165, 1.54) is 0 Å². The van der Waals surface area contributed by atoms with Crippen LogP contribution >= 0.6 is 0 Å². The van der Waals surface area contributed by atoms with Gasteiger partial charge < -0.3 is 24.3 Å².